The molecule has 0 aliphatic heterocycles. The summed E-state index contributed by atoms with van der Waals surface area (Å²) in [7, 11) is 0. The first-order valence-corrected chi connectivity index (χ1v) is 6.44. The summed E-state index contributed by atoms with van der Waals surface area (Å²) in [5, 5.41) is 16.6. The normalized spacial score (nSPS) is 10.4. The number of non-ortho nitro benzene ring substituents is 1. The van der Waals surface area contributed by atoms with Crippen molar-refractivity contribution in [3.8, 4) is 0 Å². The molecule has 9 nitrogen and oxygen atoms in total. The molecular weight excluding hydrogens is 304 g/mol. The first-order valence-electron chi connectivity index (χ1n) is 6.44. The molecule has 0 unspecified atom stereocenters. The molecule has 0 saturated carbocycles. The van der Waals surface area contributed by atoms with Gasteiger partial charge in [0.1, 0.15) is 0 Å². The van der Waals surface area contributed by atoms with Crippen LogP contribution in [-0.4, -0.2) is 29.5 Å². The molecule has 0 bridgehead atoms. The summed E-state index contributed by atoms with van der Waals surface area (Å²) < 4.78 is 4.87. The number of nitrogens with one attached hydrogen (secondary N) is 2. The maximum absolute atomic E-state index is 11.5. The van der Waals surface area contributed by atoms with Gasteiger partial charge in [-0.1, -0.05) is 12.1 Å². The summed E-state index contributed by atoms with van der Waals surface area (Å²) in [6.07, 6.45) is 2.61. The molecule has 0 aliphatic rings. The third-order valence-electron chi connectivity index (χ3n) is 2.64. The molecule has 0 atom stereocenters. The summed E-state index contributed by atoms with van der Waals surface area (Å²) in [4.78, 5) is 33.1. The maximum Gasteiger partial charge on any atom is 0.287 e. The molecular formula is C14H12N4O5. The van der Waals surface area contributed by atoms with Crippen molar-refractivity contribution in [1.29, 1.82) is 0 Å². The van der Waals surface area contributed by atoms with E-state index in [9.17, 15) is 19.7 Å². The van der Waals surface area contributed by atoms with E-state index >= 15 is 0 Å². The van der Waals surface area contributed by atoms with Gasteiger partial charge >= 0.3 is 0 Å². The summed E-state index contributed by atoms with van der Waals surface area (Å²) in [5.41, 5.74) is 2.58. The molecule has 2 rings (SSSR count). The Kier molecular flexibility index (Phi) is 5.18. The SMILES string of the molecule is O=C(CNC(=O)c1ccco1)N/N=C\c1cccc([N+](=O)[O-])c1. The zero-order valence-corrected chi connectivity index (χ0v) is 11.8. The number of rotatable bonds is 6. The van der Waals surface area contributed by atoms with E-state index in [1.165, 1.54) is 36.7 Å². The Labute approximate surface area is 130 Å². The van der Waals surface area contributed by atoms with E-state index in [2.05, 4.69) is 15.8 Å². The van der Waals surface area contributed by atoms with Crippen LogP contribution in [0.5, 0.6) is 0 Å². The van der Waals surface area contributed by atoms with Gasteiger partial charge < -0.3 is 9.73 Å². The van der Waals surface area contributed by atoms with Crippen molar-refractivity contribution in [2.75, 3.05) is 6.54 Å². The molecule has 2 aromatic rings. The van der Waals surface area contributed by atoms with Gasteiger partial charge in [-0.2, -0.15) is 5.10 Å². The number of hydrogen-bond donors (Lipinski definition) is 2. The third-order valence-corrected chi connectivity index (χ3v) is 2.64. The summed E-state index contributed by atoms with van der Waals surface area (Å²) in [6, 6.07) is 8.78. The highest BCUT2D eigenvalue weighted by atomic mass is 16.6. The predicted octanol–water partition coefficient (Wildman–Crippen LogP) is 1.07. The summed E-state index contributed by atoms with van der Waals surface area (Å²) in [6.45, 7) is -0.286. The number of carbonyl (C=O) groups excluding carboxylic acids is 2. The van der Waals surface area contributed by atoms with Crippen LogP contribution in [-0.2, 0) is 4.79 Å². The number of amides is 2. The predicted molar refractivity (Wildman–Crippen MR) is 79.9 cm³/mol. The van der Waals surface area contributed by atoms with Gasteiger partial charge in [-0.3, -0.25) is 19.7 Å². The van der Waals surface area contributed by atoms with E-state index in [4.69, 9.17) is 4.42 Å². The van der Waals surface area contributed by atoms with Crippen LogP contribution in [0, 0.1) is 10.1 Å². The average Bonchev–Trinajstić information content (AvgIpc) is 3.07. The van der Waals surface area contributed by atoms with Crippen LogP contribution in [0.4, 0.5) is 5.69 Å². The molecule has 0 spiro atoms. The quantitative estimate of drug-likeness (QED) is 0.468. The number of furan rings is 1. The Balaban J connectivity index is 1.81. The molecule has 0 fully saturated rings. The molecule has 2 amide bonds. The number of nitro groups is 1. The van der Waals surface area contributed by atoms with Gasteiger partial charge in [-0.25, -0.2) is 5.43 Å². The molecule has 118 valence electrons. The number of benzene rings is 1. The molecule has 23 heavy (non-hydrogen) atoms. The van der Waals surface area contributed by atoms with Crippen LogP contribution in [0.2, 0.25) is 0 Å². The van der Waals surface area contributed by atoms with Gasteiger partial charge in [0.15, 0.2) is 5.76 Å². The average molecular weight is 316 g/mol. The van der Waals surface area contributed by atoms with Crippen LogP contribution in [0.25, 0.3) is 0 Å². The van der Waals surface area contributed by atoms with Gasteiger partial charge in [0.2, 0.25) is 0 Å². The first-order chi connectivity index (χ1) is 11.1. The Morgan fingerprint density at radius 3 is 2.83 bits per heavy atom. The number of nitrogens with zero attached hydrogens (tertiary/aromatic N) is 2. The van der Waals surface area contributed by atoms with Crippen molar-refractivity contribution in [1.82, 2.24) is 10.7 Å². The highest BCUT2D eigenvalue weighted by Gasteiger charge is 2.09. The van der Waals surface area contributed by atoms with Crippen LogP contribution in [0.3, 0.4) is 0 Å². The fourth-order valence-corrected chi connectivity index (χ4v) is 1.59. The molecule has 1 aromatic carbocycles. The van der Waals surface area contributed by atoms with Gasteiger partial charge in [0.05, 0.1) is 23.9 Å². The molecule has 1 aromatic heterocycles. The fraction of sp³-hybridized carbons (Fsp3) is 0.0714. The second kappa shape index (κ2) is 7.50. The highest BCUT2D eigenvalue weighted by Crippen LogP contribution is 2.11. The minimum Gasteiger partial charge on any atom is -0.459 e. The Hall–Kier alpha value is -3.49. The van der Waals surface area contributed by atoms with Crippen molar-refractivity contribution >= 4 is 23.7 Å². The van der Waals surface area contributed by atoms with Gasteiger partial charge in [0, 0.05) is 17.7 Å². The van der Waals surface area contributed by atoms with E-state index in [0.717, 1.165) is 0 Å². The number of carbonyl (C=O) groups is 2. The molecule has 0 radical (unpaired) electrons. The van der Waals surface area contributed by atoms with Crippen LogP contribution in [0.1, 0.15) is 16.1 Å². The van der Waals surface area contributed by atoms with Gasteiger partial charge in [-0.05, 0) is 12.1 Å². The first kappa shape index (κ1) is 15.9. The number of nitro benzene ring substituents is 1. The smallest absolute Gasteiger partial charge is 0.287 e. The topological polar surface area (TPSA) is 127 Å². The molecule has 0 saturated heterocycles. The highest BCUT2D eigenvalue weighted by molar-refractivity contribution is 5.94. The van der Waals surface area contributed by atoms with Crippen LogP contribution >= 0.6 is 0 Å². The lowest BCUT2D eigenvalue weighted by Crippen LogP contribution is -2.34. The third kappa shape index (κ3) is 4.77. The molecule has 9 heteroatoms. The standard InChI is InChI=1S/C14H12N4O5/c19-13(9-15-14(20)12-5-2-6-23-12)17-16-8-10-3-1-4-11(7-10)18(21)22/h1-8H,9H2,(H,15,20)(H,17,19)/b16-8-. The minimum absolute atomic E-state index is 0.0778. The van der Waals surface area contributed by atoms with E-state index in [-0.39, 0.29) is 18.0 Å². The van der Waals surface area contributed by atoms with Gasteiger partial charge in [0.25, 0.3) is 17.5 Å². The van der Waals surface area contributed by atoms with E-state index in [1.54, 1.807) is 12.1 Å². The monoisotopic (exact) mass is 316 g/mol. The van der Waals surface area contributed by atoms with Gasteiger partial charge in [-0.15, -0.1) is 0 Å². The lowest BCUT2D eigenvalue weighted by molar-refractivity contribution is -0.384. The Morgan fingerprint density at radius 2 is 2.13 bits per heavy atom. The minimum atomic E-state index is -0.549. The summed E-state index contributed by atoms with van der Waals surface area (Å²) >= 11 is 0. The zero-order chi connectivity index (χ0) is 16.7. The van der Waals surface area contributed by atoms with Crippen molar-refractivity contribution in [2.24, 2.45) is 5.10 Å². The number of hydrazone groups is 1. The Bertz CT molecular complexity index is 739. The van der Waals surface area contributed by atoms with Crippen LogP contribution in [0.15, 0.2) is 52.2 Å². The fourth-order valence-electron chi connectivity index (χ4n) is 1.59. The van der Waals surface area contributed by atoms with Crippen molar-refractivity contribution in [3.63, 3.8) is 0 Å². The van der Waals surface area contributed by atoms with Crippen LogP contribution < -0.4 is 10.7 Å². The second-order valence-corrected chi connectivity index (χ2v) is 4.31. The van der Waals surface area contributed by atoms with E-state index in [1.807, 2.05) is 0 Å². The summed E-state index contributed by atoms with van der Waals surface area (Å²) in [5.74, 6) is -0.975. The molecule has 1 heterocycles. The van der Waals surface area contributed by atoms with Crippen molar-refractivity contribution in [3.05, 3.63) is 64.1 Å². The Morgan fingerprint density at radius 1 is 1.30 bits per heavy atom. The van der Waals surface area contributed by atoms with E-state index in [0.29, 0.717) is 5.56 Å². The zero-order valence-electron chi connectivity index (χ0n) is 11.8. The second-order valence-electron chi connectivity index (χ2n) is 4.31. The lowest BCUT2D eigenvalue weighted by Gasteiger charge is -2.01. The molecule has 0 aliphatic carbocycles. The molecule has 2 N–H and O–H groups in total. The lowest BCUT2D eigenvalue weighted by atomic mass is 10.2. The number of hydrogen-bond acceptors (Lipinski definition) is 6. The largest absolute Gasteiger partial charge is 0.459 e. The van der Waals surface area contributed by atoms with Crippen molar-refractivity contribution in [2.45, 2.75) is 0 Å². The maximum atomic E-state index is 11.5. The van der Waals surface area contributed by atoms with E-state index < -0.39 is 16.7 Å². The van der Waals surface area contributed by atoms with Crippen molar-refractivity contribution < 1.29 is 18.9 Å².